The van der Waals surface area contributed by atoms with Gasteiger partial charge in [-0.3, -0.25) is 9.78 Å². The molecule has 2 aliphatic heterocycles. The number of nitrogens with zero attached hydrogens (tertiary/aromatic N) is 3. The lowest BCUT2D eigenvalue weighted by atomic mass is 9.96. The highest BCUT2D eigenvalue weighted by Gasteiger charge is 2.33. The lowest BCUT2D eigenvalue weighted by molar-refractivity contribution is -0.147. The van der Waals surface area contributed by atoms with Crippen LogP contribution in [-0.4, -0.2) is 46.6 Å². The van der Waals surface area contributed by atoms with Gasteiger partial charge >= 0.3 is 0 Å². The summed E-state index contributed by atoms with van der Waals surface area (Å²) in [5.41, 5.74) is 2.20. The molecule has 6 heteroatoms. The van der Waals surface area contributed by atoms with Gasteiger partial charge in [0.05, 0.1) is 19.3 Å². The predicted octanol–water partition coefficient (Wildman–Crippen LogP) is 2.16. The fourth-order valence-corrected chi connectivity index (χ4v) is 3.52. The number of benzene rings is 1. The van der Waals surface area contributed by atoms with E-state index in [1.54, 1.807) is 18.6 Å². The summed E-state index contributed by atoms with van der Waals surface area (Å²) >= 11 is 0. The molecule has 2 aromatic rings. The second-order valence-electron chi connectivity index (χ2n) is 6.41. The van der Waals surface area contributed by atoms with E-state index >= 15 is 0 Å². The SMILES string of the molecule is O=C([C@@H]1OCCc2ccccc21)N1CCC[C@H](Oc2cnccn2)C1. The molecule has 3 heterocycles. The molecule has 2 atom stereocenters. The summed E-state index contributed by atoms with van der Waals surface area (Å²) in [4.78, 5) is 23.1. The van der Waals surface area contributed by atoms with Crippen molar-refractivity contribution in [2.24, 2.45) is 0 Å². The van der Waals surface area contributed by atoms with Crippen LogP contribution in [-0.2, 0) is 16.0 Å². The Morgan fingerprint density at radius 2 is 2.20 bits per heavy atom. The molecular formula is C19H21N3O3. The van der Waals surface area contributed by atoms with Crippen LogP contribution in [0.1, 0.15) is 30.1 Å². The first-order valence-electron chi connectivity index (χ1n) is 8.72. The number of fused-ring (bicyclic) bond motifs is 1. The van der Waals surface area contributed by atoms with E-state index in [0.717, 1.165) is 31.4 Å². The lowest BCUT2D eigenvalue weighted by Crippen LogP contribution is -2.47. The standard InChI is InChI=1S/C19H21N3O3/c23-19(18-16-6-2-1-4-14(16)7-11-24-18)22-10-3-5-15(13-22)25-17-12-20-8-9-21-17/h1-2,4,6,8-9,12,15,18H,3,5,7,10-11,13H2/t15-,18+/m0/s1. The Kier molecular flexibility index (Phi) is 4.61. The third-order valence-corrected chi connectivity index (χ3v) is 4.73. The Morgan fingerprint density at radius 3 is 3.08 bits per heavy atom. The van der Waals surface area contributed by atoms with Crippen molar-refractivity contribution in [3.8, 4) is 5.88 Å². The summed E-state index contributed by atoms with van der Waals surface area (Å²) in [5.74, 6) is 0.528. The number of amides is 1. The molecule has 4 rings (SSSR count). The van der Waals surface area contributed by atoms with E-state index in [2.05, 4.69) is 16.0 Å². The summed E-state index contributed by atoms with van der Waals surface area (Å²) in [5, 5.41) is 0. The Balaban J connectivity index is 1.46. The van der Waals surface area contributed by atoms with E-state index in [1.165, 1.54) is 5.56 Å². The number of rotatable bonds is 3. The van der Waals surface area contributed by atoms with Crippen LogP contribution in [0.4, 0.5) is 0 Å². The van der Waals surface area contributed by atoms with Crippen LogP contribution in [0.2, 0.25) is 0 Å². The van der Waals surface area contributed by atoms with E-state index in [4.69, 9.17) is 9.47 Å². The normalized spacial score (nSPS) is 23.0. The van der Waals surface area contributed by atoms with E-state index < -0.39 is 6.10 Å². The minimum absolute atomic E-state index is 0.0274. The Labute approximate surface area is 146 Å². The highest BCUT2D eigenvalue weighted by atomic mass is 16.5. The van der Waals surface area contributed by atoms with Crippen LogP contribution >= 0.6 is 0 Å². The zero-order chi connectivity index (χ0) is 17.1. The number of hydrogen-bond donors (Lipinski definition) is 0. The summed E-state index contributed by atoms with van der Waals surface area (Å²) in [6, 6.07) is 8.05. The molecule has 1 fully saturated rings. The highest BCUT2D eigenvalue weighted by Crippen LogP contribution is 2.29. The molecule has 25 heavy (non-hydrogen) atoms. The first-order valence-corrected chi connectivity index (χ1v) is 8.72. The van der Waals surface area contributed by atoms with Gasteiger partial charge < -0.3 is 14.4 Å². The number of piperidine rings is 1. The molecule has 6 nitrogen and oxygen atoms in total. The quantitative estimate of drug-likeness (QED) is 0.857. The van der Waals surface area contributed by atoms with Crippen LogP contribution in [0.25, 0.3) is 0 Å². The van der Waals surface area contributed by atoms with Crippen molar-refractivity contribution in [2.75, 3.05) is 19.7 Å². The largest absolute Gasteiger partial charge is 0.471 e. The van der Waals surface area contributed by atoms with Gasteiger partial charge in [-0.15, -0.1) is 0 Å². The fraction of sp³-hybridized carbons (Fsp3) is 0.421. The van der Waals surface area contributed by atoms with Crippen LogP contribution < -0.4 is 4.74 Å². The molecule has 1 saturated heterocycles. The molecule has 1 amide bonds. The maximum Gasteiger partial charge on any atom is 0.256 e. The highest BCUT2D eigenvalue weighted by molar-refractivity contribution is 5.83. The molecule has 130 valence electrons. The molecule has 0 radical (unpaired) electrons. The van der Waals surface area contributed by atoms with Gasteiger partial charge in [0.1, 0.15) is 6.10 Å². The van der Waals surface area contributed by atoms with Gasteiger partial charge in [0.2, 0.25) is 5.88 Å². The van der Waals surface area contributed by atoms with Crippen molar-refractivity contribution < 1.29 is 14.3 Å². The summed E-state index contributed by atoms with van der Waals surface area (Å²) in [6.07, 6.45) is 6.93. The zero-order valence-corrected chi connectivity index (χ0v) is 14.0. The predicted molar refractivity (Wildman–Crippen MR) is 91.1 cm³/mol. The van der Waals surface area contributed by atoms with E-state index in [0.29, 0.717) is 19.0 Å². The van der Waals surface area contributed by atoms with Crippen molar-refractivity contribution in [1.82, 2.24) is 14.9 Å². The minimum atomic E-state index is -0.500. The average molecular weight is 339 g/mol. The third-order valence-electron chi connectivity index (χ3n) is 4.73. The molecule has 1 aromatic carbocycles. The van der Waals surface area contributed by atoms with Crippen LogP contribution in [0, 0.1) is 0 Å². The van der Waals surface area contributed by atoms with Crippen LogP contribution in [0.15, 0.2) is 42.9 Å². The van der Waals surface area contributed by atoms with Gasteiger partial charge in [0, 0.05) is 18.9 Å². The first kappa shape index (κ1) is 16.0. The molecule has 1 aromatic heterocycles. The smallest absolute Gasteiger partial charge is 0.256 e. The third kappa shape index (κ3) is 3.49. The lowest BCUT2D eigenvalue weighted by Gasteiger charge is -2.36. The first-order chi connectivity index (χ1) is 12.3. The molecule has 0 unspecified atom stereocenters. The number of likely N-dealkylation sites (tertiary alicyclic amines) is 1. The van der Waals surface area contributed by atoms with Crippen molar-refractivity contribution >= 4 is 5.91 Å². The fourth-order valence-electron chi connectivity index (χ4n) is 3.52. The maximum atomic E-state index is 13.0. The Bertz CT molecular complexity index is 738. The summed E-state index contributed by atoms with van der Waals surface area (Å²) in [6.45, 7) is 1.87. The second-order valence-corrected chi connectivity index (χ2v) is 6.41. The van der Waals surface area contributed by atoms with Gasteiger partial charge in [-0.25, -0.2) is 4.98 Å². The molecule has 2 aliphatic rings. The zero-order valence-electron chi connectivity index (χ0n) is 14.0. The summed E-state index contributed by atoms with van der Waals surface area (Å²) < 4.78 is 11.7. The number of hydrogen-bond acceptors (Lipinski definition) is 5. The van der Waals surface area contributed by atoms with Crippen molar-refractivity contribution in [2.45, 2.75) is 31.5 Å². The number of aromatic nitrogens is 2. The van der Waals surface area contributed by atoms with Gasteiger partial charge in [0.25, 0.3) is 5.91 Å². The Morgan fingerprint density at radius 1 is 1.28 bits per heavy atom. The maximum absolute atomic E-state index is 13.0. The van der Waals surface area contributed by atoms with E-state index in [9.17, 15) is 4.79 Å². The number of ether oxygens (including phenoxy) is 2. The van der Waals surface area contributed by atoms with Gasteiger partial charge in [-0.1, -0.05) is 24.3 Å². The number of carbonyl (C=O) groups is 1. The molecule has 0 bridgehead atoms. The topological polar surface area (TPSA) is 64.5 Å². The second kappa shape index (κ2) is 7.19. The van der Waals surface area contributed by atoms with Crippen molar-refractivity contribution in [1.29, 1.82) is 0 Å². The molecule has 0 N–H and O–H groups in total. The Hall–Kier alpha value is -2.47. The van der Waals surface area contributed by atoms with Gasteiger partial charge in [-0.05, 0) is 30.4 Å². The summed E-state index contributed by atoms with van der Waals surface area (Å²) in [7, 11) is 0. The van der Waals surface area contributed by atoms with Crippen LogP contribution in [0.3, 0.4) is 0 Å². The molecule has 0 spiro atoms. The van der Waals surface area contributed by atoms with Gasteiger partial charge in [-0.2, -0.15) is 0 Å². The van der Waals surface area contributed by atoms with E-state index in [1.807, 2.05) is 23.1 Å². The van der Waals surface area contributed by atoms with E-state index in [-0.39, 0.29) is 12.0 Å². The number of carbonyl (C=O) groups excluding carboxylic acids is 1. The molecule has 0 aliphatic carbocycles. The van der Waals surface area contributed by atoms with Gasteiger partial charge in [0.15, 0.2) is 6.10 Å². The van der Waals surface area contributed by atoms with Crippen LogP contribution in [0.5, 0.6) is 5.88 Å². The molecule has 0 saturated carbocycles. The van der Waals surface area contributed by atoms with Crippen molar-refractivity contribution in [3.63, 3.8) is 0 Å². The minimum Gasteiger partial charge on any atom is -0.471 e. The average Bonchev–Trinajstić information content (AvgIpc) is 2.68. The monoisotopic (exact) mass is 339 g/mol. The molecular weight excluding hydrogens is 318 g/mol. The van der Waals surface area contributed by atoms with Crippen molar-refractivity contribution in [3.05, 3.63) is 54.0 Å².